The number of carbonyl (C=O) groups excluding carboxylic acids is 3. The van der Waals surface area contributed by atoms with Gasteiger partial charge in [0.05, 0.1) is 37.6 Å². The van der Waals surface area contributed by atoms with E-state index in [1.807, 2.05) is 13.0 Å². The number of hydrogen-bond acceptors (Lipinski definition) is 6. The molecule has 42 heavy (non-hydrogen) atoms. The Balaban J connectivity index is 1.60. The maximum atomic E-state index is 13.7. The number of carbonyl (C=O) groups is 3. The Bertz CT molecular complexity index is 1380. The highest BCUT2D eigenvalue weighted by Gasteiger charge is 2.35. The summed E-state index contributed by atoms with van der Waals surface area (Å²) >= 11 is 0. The van der Waals surface area contributed by atoms with E-state index in [-0.39, 0.29) is 42.3 Å². The van der Waals surface area contributed by atoms with Crippen LogP contribution < -0.4 is 25.4 Å². The molecule has 1 aliphatic rings. The molecule has 0 radical (unpaired) electrons. The normalized spacial score (nSPS) is 17.1. The average Bonchev–Trinajstić information content (AvgIpc) is 2.99. The van der Waals surface area contributed by atoms with Crippen LogP contribution in [0, 0.1) is 5.92 Å². The van der Waals surface area contributed by atoms with E-state index in [0.29, 0.717) is 29.4 Å². The van der Waals surface area contributed by atoms with Crippen LogP contribution in [-0.4, -0.2) is 78.9 Å². The molecular formula is C31H37N5O6. The van der Waals surface area contributed by atoms with E-state index < -0.39 is 18.2 Å². The number of nitrogens with zero attached hydrogens (tertiary/aromatic N) is 2. The second-order valence-corrected chi connectivity index (χ2v) is 10.3. The van der Waals surface area contributed by atoms with E-state index in [1.54, 1.807) is 92.7 Å². The van der Waals surface area contributed by atoms with E-state index in [9.17, 15) is 19.5 Å². The largest absolute Gasteiger partial charge is 0.497 e. The smallest absolute Gasteiger partial charge is 0.323 e. The summed E-state index contributed by atoms with van der Waals surface area (Å²) in [5.74, 6) is 0.310. The number of urea groups is 2. The van der Waals surface area contributed by atoms with Gasteiger partial charge in [-0.3, -0.25) is 4.79 Å². The van der Waals surface area contributed by atoms with Crippen LogP contribution in [0.25, 0.3) is 0 Å². The van der Waals surface area contributed by atoms with E-state index in [4.69, 9.17) is 9.47 Å². The molecule has 0 saturated carbocycles. The molecule has 0 aliphatic carbocycles. The molecule has 0 saturated heterocycles. The Morgan fingerprint density at radius 2 is 1.71 bits per heavy atom. The van der Waals surface area contributed by atoms with Crippen molar-refractivity contribution in [2.75, 3.05) is 49.8 Å². The molecule has 3 atom stereocenters. The fourth-order valence-electron chi connectivity index (χ4n) is 4.61. The SMILES string of the molecule is COc1ccc(NC(=O)N(C)C[C@@H]2Oc3c(NC(=O)Nc4ccccc4)cccc3C(=O)N([C@@H](C)CO)C[C@H]2C)cc1. The van der Waals surface area contributed by atoms with E-state index in [1.165, 1.54) is 4.90 Å². The van der Waals surface area contributed by atoms with Gasteiger partial charge in [0.25, 0.3) is 5.91 Å². The Kier molecular flexibility index (Phi) is 9.87. The predicted molar refractivity (Wildman–Crippen MR) is 161 cm³/mol. The Morgan fingerprint density at radius 1 is 1.02 bits per heavy atom. The first kappa shape index (κ1) is 30.2. The summed E-state index contributed by atoms with van der Waals surface area (Å²) in [6, 6.07) is 19.6. The van der Waals surface area contributed by atoms with Gasteiger partial charge in [-0.2, -0.15) is 0 Å². The molecule has 1 heterocycles. The third kappa shape index (κ3) is 7.29. The molecule has 11 nitrogen and oxygen atoms in total. The van der Waals surface area contributed by atoms with Gasteiger partial charge in [0.2, 0.25) is 0 Å². The highest BCUT2D eigenvalue weighted by atomic mass is 16.5. The minimum absolute atomic E-state index is 0.183. The van der Waals surface area contributed by atoms with Crippen LogP contribution in [0.2, 0.25) is 0 Å². The molecule has 0 fully saturated rings. The second-order valence-electron chi connectivity index (χ2n) is 10.3. The van der Waals surface area contributed by atoms with Crippen molar-refractivity contribution in [1.82, 2.24) is 9.80 Å². The number of likely N-dealkylation sites (N-methyl/N-ethyl adjacent to an activating group) is 1. The molecule has 4 rings (SSSR count). The molecular weight excluding hydrogens is 538 g/mol. The first-order chi connectivity index (χ1) is 20.2. The molecule has 0 spiro atoms. The number of methoxy groups -OCH3 is 1. The third-order valence-corrected chi connectivity index (χ3v) is 7.11. The van der Waals surface area contributed by atoms with E-state index in [2.05, 4.69) is 16.0 Å². The first-order valence-electron chi connectivity index (χ1n) is 13.7. The second kappa shape index (κ2) is 13.7. The number of benzene rings is 3. The van der Waals surface area contributed by atoms with Crippen molar-refractivity contribution >= 4 is 35.0 Å². The highest BCUT2D eigenvalue weighted by molar-refractivity contribution is 6.04. The number of ether oxygens (including phenoxy) is 2. The number of amides is 5. The van der Waals surface area contributed by atoms with Crippen molar-refractivity contribution in [2.45, 2.75) is 26.0 Å². The molecule has 0 aromatic heterocycles. The molecule has 1 aliphatic heterocycles. The molecule has 222 valence electrons. The lowest BCUT2D eigenvalue weighted by Crippen LogP contribution is -2.50. The van der Waals surface area contributed by atoms with Crippen LogP contribution in [0.1, 0.15) is 24.2 Å². The quantitative estimate of drug-likeness (QED) is 0.307. The van der Waals surface area contributed by atoms with Crippen LogP contribution in [0.15, 0.2) is 72.8 Å². The number of nitrogens with one attached hydrogen (secondary N) is 3. The van der Waals surface area contributed by atoms with Gasteiger partial charge in [-0.15, -0.1) is 0 Å². The van der Waals surface area contributed by atoms with Crippen molar-refractivity contribution in [1.29, 1.82) is 0 Å². The minimum Gasteiger partial charge on any atom is -0.497 e. The van der Waals surface area contributed by atoms with Crippen molar-refractivity contribution in [2.24, 2.45) is 5.92 Å². The van der Waals surface area contributed by atoms with Gasteiger partial charge in [0.15, 0.2) is 5.75 Å². The van der Waals surface area contributed by atoms with Crippen LogP contribution >= 0.6 is 0 Å². The Labute approximate surface area is 245 Å². The molecule has 0 bridgehead atoms. The average molecular weight is 576 g/mol. The van der Waals surface area contributed by atoms with E-state index >= 15 is 0 Å². The number of para-hydroxylation sites is 2. The minimum atomic E-state index is -0.558. The summed E-state index contributed by atoms with van der Waals surface area (Å²) in [4.78, 5) is 42.7. The van der Waals surface area contributed by atoms with Crippen molar-refractivity contribution < 1.29 is 29.0 Å². The number of aliphatic hydroxyl groups excluding tert-OH is 1. The van der Waals surface area contributed by atoms with Crippen LogP contribution in [0.3, 0.4) is 0 Å². The zero-order chi connectivity index (χ0) is 30.2. The lowest BCUT2D eigenvalue weighted by atomic mass is 9.99. The summed E-state index contributed by atoms with van der Waals surface area (Å²) < 4.78 is 11.6. The Hall–Kier alpha value is -4.77. The van der Waals surface area contributed by atoms with Crippen LogP contribution in [0.5, 0.6) is 11.5 Å². The molecule has 5 amide bonds. The van der Waals surface area contributed by atoms with Gasteiger partial charge in [-0.05, 0) is 55.5 Å². The number of aliphatic hydroxyl groups is 1. The zero-order valence-electron chi connectivity index (χ0n) is 24.2. The first-order valence-corrected chi connectivity index (χ1v) is 13.7. The fourth-order valence-corrected chi connectivity index (χ4v) is 4.61. The van der Waals surface area contributed by atoms with Gasteiger partial charge >= 0.3 is 12.1 Å². The van der Waals surface area contributed by atoms with Gasteiger partial charge < -0.3 is 40.3 Å². The maximum Gasteiger partial charge on any atom is 0.323 e. The number of fused-ring (bicyclic) bond motifs is 1. The van der Waals surface area contributed by atoms with Gasteiger partial charge in [-0.1, -0.05) is 31.2 Å². The van der Waals surface area contributed by atoms with Gasteiger partial charge in [-0.25, -0.2) is 9.59 Å². The molecule has 4 N–H and O–H groups in total. The Morgan fingerprint density at radius 3 is 2.38 bits per heavy atom. The topological polar surface area (TPSA) is 132 Å². The summed E-state index contributed by atoms with van der Waals surface area (Å²) in [5.41, 5.74) is 1.75. The maximum absolute atomic E-state index is 13.7. The number of hydrogen-bond donors (Lipinski definition) is 4. The summed E-state index contributed by atoms with van der Waals surface area (Å²) in [7, 11) is 3.23. The zero-order valence-corrected chi connectivity index (χ0v) is 24.2. The van der Waals surface area contributed by atoms with Crippen LogP contribution in [-0.2, 0) is 0 Å². The monoisotopic (exact) mass is 575 g/mol. The summed E-state index contributed by atoms with van der Waals surface area (Å²) in [5, 5.41) is 18.3. The molecule has 3 aromatic carbocycles. The lowest BCUT2D eigenvalue weighted by molar-refractivity contribution is 0.0373. The summed E-state index contributed by atoms with van der Waals surface area (Å²) in [6.45, 7) is 3.95. The van der Waals surface area contributed by atoms with Gasteiger partial charge in [0, 0.05) is 30.9 Å². The van der Waals surface area contributed by atoms with E-state index in [0.717, 1.165) is 0 Å². The van der Waals surface area contributed by atoms with Crippen molar-refractivity contribution in [3.63, 3.8) is 0 Å². The number of anilines is 3. The number of rotatable bonds is 8. The highest BCUT2D eigenvalue weighted by Crippen LogP contribution is 2.35. The molecule has 0 unspecified atom stereocenters. The third-order valence-electron chi connectivity index (χ3n) is 7.11. The van der Waals surface area contributed by atoms with Crippen LogP contribution in [0.4, 0.5) is 26.7 Å². The summed E-state index contributed by atoms with van der Waals surface area (Å²) in [6.07, 6.45) is -0.558. The van der Waals surface area contributed by atoms with Crippen molar-refractivity contribution in [3.05, 3.63) is 78.4 Å². The van der Waals surface area contributed by atoms with Gasteiger partial charge in [0.1, 0.15) is 11.9 Å². The predicted octanol–water partition coefficient (Wildman–Crippen LogP) is 4.72. The standard InChI is InChI=1S/C31H37N5O6/c1-20-17-36(21(2)19-37)29(38)25-11-8-12-26(34-30(39)32-22-9-6-5-7-10-22)28(25)42-27(20)18-35(3)31(40)33-23-13-15-24(41-4)16-14-23/h5-16,20-21,27,37H,17-19H2,1-4H3,(H,33,40)(H2,32,34,39)/t20-,21+,27+/m1/s1. The molecule has 3 aromatic rings. The lowest BCUT2D eigenvalue weighted by Gasteiger charge is -2.38. The molecule has 11 heteroatoms. The van der Waals surface area contributed by atoms with Crippen molar-refractivity contribution in [3.8, 4) is 11.5 Å². The fraction of sp³-hybridized carbons (Fsp3) is 0.323.